The number of ether oxygens (including phenoxy) is 1. The number of aliphatic hydroxyl groups excluding tert-OH is 1. The number of hydrogen-bond donors (Lipinski definition) is 3. The molecule has 4 nitrogen and oxygen atoms in total. The van der Waals surface area contributed by atoms with Crippen LogP contribution in [-0.2, 0) is 4.74 Å². The van der Waals surface area contributed by atoms with Gasteiger partial charge < -0.3 is 20.5 Å². The zero-order valence-corrected chi connectivity index (χ0v) is 11.5. The van der Waals surface area contributed by atoms with E-state index in [1.807, 2.05) is 0 Å². The van der Waals surface area contributed by atoms with Crippen LogP contribution < -0.4 is 10.6 Å². The van der Waals surface area contributed by atoms with E-state index in [-0.39, 0.29) is 6.10 Å². The molecule has 0 radical (unpaired) electrons. The summed E-state index contributed by atoms with van der Waals surface area (Å²) in [5.74, 6) is 0.746. The maximum absolute atomic E-state index is 9.73. The summed E-state index contributed by atoms with van der Waals surface area (Å²) in [4.78, 5) is 0. The van der Waals surface area contributed by atoms with Gasteiger partial charge in [-0.25, -0.2) is 0 Å². The van der Waals surface area contributed by atoms with Crippen molar-refractivity contribution in [3.8, 4) is 0 Å². The number of nitrogens with one attached hydrogen (secondary N) is 2. The summed E-state index contributed by atoms with van der Waals surface area (Å²) in [6, 6.07) is 1.27. The van der Waals surface area contributed by atoms with Gasteiger partial charge >= 0.3 is 0 Å². The van der Waals surface area contributed by atoms with Gasteiger partial charge in [0.05, 0.1) is 12.7 Å². The first-order valence-corrected chi connectivity index (χ1v) is 7.45. The highest BCUT2D eigenvalue weighted by Crippen LogP contribution is 2.30. The van der Waals surface area contributed by atoms with Crippen LogP contribution in [0.15, 0.2) is 0 Å². The number of hydrogen-bond acceptors (Lipinski definition) is 4. The van der Waals surface area contributed by atoms with Gasteiger partial charge in [0.1, 0.15) is 0 Å². The summed E-state index contributed by atoms with van der Waals surface area (Å²) in [5.41, 5.74) is 0. The molecular weight excluding hydrogens is 228 g/mol. The number of rotatable bonds is 6. The third kappa shape index (κ3) is 3.92. The minimum Gasteiger partial charge on any atom is -0.389 e. The van der Waals surface area contributed by atoms with Crippen molar-refractivity contribution < 1.29 is 9.84 Å². The molecule has 4 atom stereocenters. The Labute approximate surface area is 110 Å². The lowest BCUT2D eigenvalue weighted by molar-refractivity contribution is 0.0584. The van der Waals surface area contributed by atoms with Crippen LogP contribution in [0.1, 0.15) is 38.5 Å². The molecule has 2 rings (SSSR count). The second-order valence-electron chi connectivity index (χ2n) is 5.78. The lowest BCUT2D eigenvalue weighted by Gasteiger charge is -2.36. The molecule has 0 bridgehead atoms. The largest absolute Gasteiger partial charge is 0.389 e. The van der Waals surface area contributed by atoms with E-state index >= 15 is 0 Å². The van der Waals surface area contributed by atoms with Gasteiger partial charge in [-0.2, -0.15) is 0 Å². The minimum absolute atomic E-state index is 0.380. The molecule has 106 valence electrons. The van der Waals surface area contributed by atoms with E-state index in [0.29, 0.717) is 25.2 Å². The van der Waals surface area contributed by atoms with E-state index in [1.54, 1.807) is 7.11 Å². The number of aliphatic hydroxyl groups is 1. The molecule has 4 heteroatoms. The molecule has 1 heterocycles. The molecule has 2 aliphatic rings. The van der Waals surface area contributed by atoms with Crippen LogP contribution in [-0.4, -0.2) is 50.1 Å². The lowest BCUT2D eigenvalue weighted by Crippen LogP contribution is -2.49. The third-order valence-electron chi connectivity index (χ3n) is 4.41. The summed E-state index contributed by atoms with van der Waals surface area (Å²) in [7, 11) is 1.63. The average Bonchev–Trinajstić information content (AvgIpc) is 2.91. The lowest BCUT2D eigenvalue weighted by atomic mass is 9.79. The van der Waals surface area contributed by atoms with E-state index in [2.05, 4.69) is 10.6 Å². The minimum atomic E-state index is -0.380. The van der Waals surface area contributed by atoms with Crippen molar-refractivity contribution in [3.63, 3.8) is 0 Å². The zero-order chi connectivity index (χ0) is 12.8. The SMILES string of the molecule is COCC(O)CNC1CCCCC1C1CCCN1. The first-order chi connectivity index (χ1) is 8.81. The topological polar surface area (TPSA) is 53.5 Å². The van der Waals surface area contributed by atoms with Crippen LogP contribution in [0, 0.1) is 5.92 Å². The van der Waals surface area contributed by atoms with Crippen molar-refractivity contribution in [3.05, 3.63) is 0 Å². The predicted molar refractivity (Wildman–Crippen MR) is 72.7 cm³/mol. The zero-order valence-electron chi connectivity index (χ0n) is 11.5. The Hall–Kier alpha value is -0.160. The van der Waals surface area contributed by atoms with Gasteiger partial charge in [0.25, 0.3) is 0 Å². The van der Waals surface area contributed by atoms with Gasteiger partial charge in [-0.15, -0.1) is 0 Å². The van der Waals surface area contributed by atoms with Crippen LogP contribution in [0.4, 0.5) is 0 Å². The van der Waals surface area contributed by atoms with Crippen molar-refractivity contribution in [1.82, 2.24) is 10.6 Å². The highest BCUT2D eigenvalue weighted by Gasteiger charge is 2.33. The molecule has 18 heavy (non-hydrogen) atoms. The molecule has 1 saturated heterocycles. The van der Waals surface area contributed by atoms with Gasteiger partial charge in [0.15, 0.2) is 0 Å². The van der Waals surface area contributed by atoms with Gasteiger partial charge in [-0.1, -0.05) is 12.8 Å². The molecule has 4 unspecified atom stereocenters. The Morgan fingerprint density at radius 1 is 1.28 bits per heavy atom. The molecular formula is C14H28N2O2. The maximum atomic E-state index is 9.73. The maximum Gasteiger partial charge on any atom is 0.0897 e. The Bertz CT molecular complexity index is 232. The molecule has 0 aromatic carbocycles. The number of methoxy groups -OCH3 is 1. The van der Waals surface area contributed by atoms with Crippen molar-refractivity contribution in [1.29, 1.82) is 0 Å². The molecule has 3 N–H and O–H groups in total. The fourth-order valence-corrected chi connectivity index (χ4v) is 3.51. The van der Waals surface area contributed by atoms with Crippen molar-refractivity contribution in [2.45, 2.75) is 56.7 Å². The molecule has 0 spiro atoms. The van der Waals surface area contributed by atoms with Gasteiger partial charge in [-0.3, -0.25) is 0 Å². The van der Waals surface area contributed by atoms with Crippen LogP contribution in [0.5, 0.6) is 0 Å². The van der Waals surface area contributed by atoms with Gasteiger partial charge in [-0.05, 0) is 38.1 Å². The van der Waals surface area contributed by atoms with Crippen LogP contribution in [0.25, 0.3) is 0 Å². The van der Waals surface area contributed by atoms with Crippen molar-refractivity contribution in [2.24, 2.45) is 5.92 Å². The van der Waals surface area contributed by atoms with Crippen molar-refractivity contribution in [2.75, 3.05) is 26.8 Å². The summed E-state index contributed by atoms with van der Waals surface area (Å²) < 4.78 is 4.97. The van der Waals surface area contributed by atoms with Crippen LogP contribution >= 0.6 is 0 Å². The van der Waals surface area contributed by atoms with E-state index in [4.69, 9.17) is 4.74 Å². The first-order valence-electron chi connectivity index (χ1n) is 7.45. The first kappa shape index (κ1) is 14.3. The van der Waals surface area contributed by atoms with Crippen molar-refractivity contribution >= 4 is 0 Å². The monoisotopic (exact) mass is 256 g/mol. The van der Waals surface area contributed by atoms with Gasteiger partial charge in [0, 0.05) is 25.7 Å². The quantitative estimate of drug-likeness (QED) is 0.661. The Morgan fingerprint density at radius 3 is 2.83 bits per heavy atom. The smallest absolute Gasteiger partial charge is 0.0897 e. The molecule has 1 aliphatic heterocycles. The predicted octanol–water partition coefficient (Wildman–Crippen LogP) is 0.894. The van der Waals surface area contributed by atoms with Crippen LogP contribution in [0.2, 0.25) is 0 Å². The Balaban J connectivity index is 1.79. The molecule has 1 aliphatic carbocycles. The van der Waals surface area contributed by atoms with E-state index in [1.165, 1.54) is 45.1 Å². The summed E-state index contributed by atoms with van der Waals surface area (Å²) in [5, 5.41) is 16.9. The molecule has 2 fully saturated rings. The van der Waals surface area contributed by atoms with E-state index < -0.39 is 0 Å². The molecule has 1 saturated carbocycles. The second kappa shape index (κ2) is 7.43. The summed E-state index contributed by atoms with van der Waals surface area (Å²) >= 11 is 0. The Kier molecular flexibility index (Phi) is 5.89. The molecule has 0 amide bonds. The average molecular weight is 256 g/mol. The standard InChI is InChI=1S/C14H28N2O2/c1-18-10-11(17)9-16-14-6-3-2-5-12(14)13-7-4-8-15-13/h11-17H,2-10H2,1H3. The van der Waals surface area contributed by atoms with E-state index in [9.17, 15) is 5.11 Å². The normalized spacial score (nSPS) is 34.7. The second-order valence-corrected chi connectivity index (χ2v) is 5.78. The van der Waals surface area contributed by atoms with E-state index in [0.717, 1.165) is 5.92 Å². The van der Waals surface area contributed by atoms with Crippen LogP contribution in [0.3, 0.4) is 0 Å². The summed E-state index contributed by atoms with van der Waals surface area (Å²) in [6.45, 7) is 2.26. The van der Waals surface area contributed by atoms with Gasteiger partial charge in [0.2, 0.25) is 0 Å². The molecule has 0 aromatic rings. The summed E-state index contributed by atoms with van der Waals surface area (Å²) in [6.07, 6.45) is 7.53. The highest BCUT2D eigenvalue weighted by molar-refractivity contribution is 4.91. The Morgan fingerprint density at radius 2 is 2.11 bits per heavy atom. The molecule has 0 aromatic heterocycles. The fourth-order valence-electron chi connectivity index (χ4n) is 3.51. The third-order valence-corrected chi connectivity index (χ3v) is 4.41. The fraction of sp³-hybridized carbons (Fsp3) is 1.00. The highest BCUT2D eigenvalue weighted by atomic mass is 16.5.